The molecule has 2 aromatic rings. The fraction of sp³-hybridized carbons (Fsp3) is 0.368. The largest absolute Gasteiger partial charge is 0.352 e. The molecule has 0 saturated carbocycles. The van der Waals surface area contributed by atoms with Crippen molar-refractivity contribution in [2.24, 2.45) is 0 Å². The zero-order valence-electron chi connectivity index (χ0n) is 14.6. The third-order valence-corrected chi connectivity index (χ3v) is 5.97. The highest BCUT2D eigenvalue weighted by Gasteiger charge is 2.17. The number of pyridine rings is 1. The second-order valence-corrected chi connectivity index (χ2v) is 8.18. The zero-order chi connectivity index (χ0) is 18.4. The van der Waals surface area contributed by atoms with Crippen molar-refractivity contribution in [2.75, 3.05) is 6.54 Å². The minimum atomic E-state index is -3.59. The lowest BCUT2D eigenvalue weighted by Crippen LogP contribution is -2.30. The van der Waals surface area contributed by atoms with E-state index in [1.807, 2.05) is 18.2 Å². The van der Waals surface area contributed by atoms with Gasteiger partial charge in [0.05, 0.1) is 4.90 Å². The molecule has 1 amide bonds. The lowest BCUT2D eigenvalue weighted by molar-refractivity contribution is -0.121. The highest BCUT2D eigenvalue weighted by molar-refractivity contribution is 7.89. The summed E-state index contributed by atoms with van der Waals surface area (Å²) in [7, 11) is -3.59. The molecule has 7 heteroatoms. The number of benzene rings is 1. The zero-order valence-corrected chi connectivity index (χ0v) is 15.4. The van der Waals surface area contributed by atoms with Gasteiger partial charge in [0.25, 0.3) is 0 Å². The van der Waals surface area contributed by atoms with E-state index in [0.29, 0.717) is 6.54 Å². The van der Waals surface area contributed by atoms with E-state index >= 15 is 0 Å². The standard InChI is InChI=1S/C19H23N3O3S/c23-19(21-14-15-7-10-20-11-8-15)9-12-22-26(24,25)18-6-5-16-3-1-2-4-17(16)13-18/h5-8,10-11,13,22H,1-4,9,12,14H2,(H,21,23). The number of carbonyl (C=O) groups excluding carboxylic acids is 1. The topological polar surface area (TPSA) is 88.2 Å². The average molecular weight is 373 g/mol. The molecule has 1 aliphatic rings. The van der Waals surface area contributed by atoms with Crippen LogP contribution in [0.2, 0.25) is 0 Å². The summed E-state index contributed by atoms with van der Waals surface area (Å²) >= 11 is 0. The van der Waals surface area contributed by atoms with Gasteiger partial charge in [-0.3, -0.25) is 9.78 Å². The summed E-state index contributed by atoms with van der Waals surface area (Å²) in [6, 6.07) is 8.96. The van der Waals surface area contributed by atoms with Crippen LogP contribution in [0.3, 0.4) is 0 Å². The molecule has 26 heavy (non-hydrogen) atoms. The Labute approximate surface area is 154 Å². The molecule has 1 aromatic heterocycles. The van der Waals surface area contributed by atoms with Gasteiger partial charge in [-0.25, -0.2) is 13.1 Å². The fourth-order valence-electron chi connectivity index (χ4n) is 3.05. The predicted molar refractivity (Wildman–Crippen MR) is 99.0 cm³/mol. The Morgan fingerprint density at radius 1 is 1.04 bits per heavy atom. The number of nitrogens with zero attached hydrogens (tertiary/aromatic N) is 1. The number of aryl methyl sites for hydroxylation is 2. The first-order valence-corrected chi connectivity index (χ1v) is 10.3. The fourth-order valence-corrected chi connectivity index (χ4v) is 4.13. The van der Waals surface area contributed by atoms with Crippen LogP contribution in [-0.2, 0) is 34.2 Å². The lowest BCUT2D eigenvalue weighted by Gasteiger charge is -2.16. The summed E-state index contributed by atoms with van der Waals surface area (Å²) in [5, 5.41) is 2.76. The Morgan fingerprint density at radius 3 is 2.54 bits per heavy atom. The summed E-state index contributed by atoms with van der Waals surface area (Å²) in [5.41, 5.74) is 3.31. The first-order valence-electron chi connectivity index (χ1n) is 8.82. The van der Waals surface area contributed by atoms with Crippen LogP contribution in [0.25, 0.3) is 0 Å². The molecular formula is C19H23N3O3S. The molecule has 3 rings (SSSR count). The molecule has 6 nitrogen and oxygen atoms in total. The molecule has 0 unspecified atom stereocenters. The van der Waals surface area contributed by atoms with Crippen molar-refractivity contribution >= 4 is 15.9 Å². The van der Waals surface area contributed by atoms with E-state index < -0.39 is 10.0 Å². The maximum atomic E-state index is 12.4. The second-order valence-electron chi connectivity index (χ2n) is 6.42. The molecule has 0 atom stereocenters. The number of nitrogens with one attached hydrogen (secondary N) is 2. The highest BCUT2D eigenvalue weighted by Crippen LogP contribution is 2.23. The van der Waals surface area contributed by atoms with Crippen molar-refractivity contribution in [3.63, 3.8) is 0 Å². The van der Waals surface area contributed by atoms with Crippen LogP contribution in [0.15, 0.2) is 47.6 Å². The van der Waals surface area contributed by atoms with Gasteiger partial charge in [0.15, 0.2) is 0 Å². The van der Waals surface area contributed by atoms with Gasteiger partial charge in [0, 0.05) is 31.9 Å². The average Bonchev–Trinajstić information content (AvgIpc) is 2.66. The Morgan fingerprint density at radius 2 is 1.77 bits per heavy atom. The quantitative estimate of drug-likeness (QED) is 0.776. The van der Waals surface area contributed by atoms with E-state index in [1.54, 1.807) is 24.5 Å². The summed E-state index contributed by atoms with van der Waals surface area (Å²) in [4.78, 5) is 16.1. The van der Waals surface area contributed by atoms with Crippen molar-refractivity contribution < 1.29 is 13.2 Å². The van der Waals surface area contributed by atoms with Crippen LogP contribution in [0.4, 0.5) is 0 Å². The molecule has 1 aromatic carbocycles. The first-order chi connectivity index (χ1) is 12.5. The maximum Gasteiger partial charge on any atom is 0.240 e. The van der Waals surface area contributed by atoms with E-state index in [1.165, 1.54) is 5.56 Å². The van der Waals surface area contributed by atoms with E-state index in [2.05, 4.69) is 15.0 Å². The molecule has 1 aliphatic carbocycles. The molecule has 0 radical (unpaired) electrons. The van der Waals surface area contributed by atoms with Crippen molar-refractivity contribution in [1.29, 1.82) is 0 Å². The van der Waals surface area contributed by atoms with Crippen LogP contribution in [-0.4, -0.2) is 25.9 Å². The Balaban J connectivity index is 1.49. The van der Waals surface area contributed by atoms with Gasteiger partial charge in [-0.2, -0.15) is 0 Å². The van der Waals surface area contributed by atoms with Gasteiger partial charge in [0.1, 0.15) is 0 Å². The lowest BCUT2D eigenvalue weighted by atomic mass is 9.92. The van der Waals surface area contributed by atoms with Crippen LogP contribution in [0.5, 0.6) is 0 Å². The number of sulfonamides is 1. The van der Waals surface area contributed by atoms with E-state index in [9.17, 15) is 13.2 Å². The van der Waals surface area contributed by atoms with Gasteiger partial charge in [-0.05, 0) is 66.6 Å². The van der Waals surface area contributed by atoms with Crippen molar-refractivity contribution in [1.82, 2.24) is 15.0 Å². The number of aromatic nitrogens is 1. The molecule has 0 fully saturated rings. The van der Waals surface area contributed by atoms with E-state index in [-0.39, 0.29) is 23.8 Å². The smallest absolute Gasteiger partial charge is 0.240 e. The van der Waals surface area contributed by atoms with E-state index in [0.717, 1.165) is 36.8 Å². The van der Waals surface area contributed by atoms with Crippen LogP contribution in [0, 0.1) is 0 Å². The third kappa shape index (κ3) is 4.89. The van der Waals surface area contributed by atoms with Crippen molar-refractivity contribution in [3.8, 4) is 0 Å². The molecule has 0 saturated heterocycles. The maximum absolute atomic E-state index is 12.4. The van der Waals surface area contributed by atoms with Gasteiger partial charge >= 0.3 is 0 Å². The number of hydrogen-bond acceptors (Lipinski definition) is 4. The summed E-state index contributed by atoms with van der Waals surface area (Å²) in [6.07, 6.45) is 7.61. The third-order valence-electron chi connectivity index (χ3n) is 4.51. The van der Waals surface area contributed by atoms with Gasteiger partial charge in [-0.1, -0.05) is 6.07 Å². The molecule has 0 spiro atoms. The Kier molecular flexibility index (Phi) is 6.00. The van der Waals surface area contributed by atoms with Gasteiger partial charge in [0.2, 0.25) is 15.9 Å². The van der Waals surface area contributed by atoms with Crippen LogP contribution >= 0.6 is 0 Å². The van der Waals surface area contributed by atoms with E-state index in [4.69, 9.17) is 0 Å². The second kappa shape index (κ2) is 8.42. The Bertz CT molecular complexity index is 867. The molecule has 138 valence electrons. The number of carbonyl (C=O) groups is 1. The van der Waals surface area contributed by atoms with Gasteiger partial charge in [-0.15, -0.1) is 0 Å². The molecule has 0 aliphatic heterocycles. The minimum absolute atomic E-state index is 0.0710. The number of hydrogen-bond donors (Lipinski definition) is 2. The molecule has 0 bridgehead atoms. The Hall–Kier alpha value is -2.25. The normalized spacial score (nSPS) is 13.8. The van der Waals surface area contributed by atoms with Gasteiger partial charge < -0.3 is 5.32 Å². The summed E-state index contributed by atoms with van der Waals surface area (Å²) in [6.45, 7) is 0.473. The number of rotatable bonds is 7. The minimum Gasteiger partial charge on any atom is -0.352 e. The molecule has 1 heterocycles. The highest BCUT2D eigenvalue weighted by atomic mass is 32.2. The van der Waals surface area contributed by atoms with Crippen LogP contribution < -0.4 is 10.0 Å². The summed E-state index contributed by atoms with van der Waals surface area (Å²) < 4.78 is 27.4. The van der Waals surface area contributed by atoms with Crippen LogP contribution in [0.1, 0.15) is 36.0 Å². The first kappa shape index (κ1) is 18.5. The number of amides is 1. The molecule has 2 N–H and O–H groups in total. The number of fused-ring (bicyclic) bond motifs is 1. The SMILES string of the molecule is O=C(CCNS(=O)(=O)c1ccc2c(c1)CCCC2)NCc1ccncc1. The van der Waals surface area contributed by atoms with Crippen molar-refractivity contribution in [2.45, 2.75) is 43.5 Å². The molecular weight excluding hydrogens is 350 g/mol. The summed E-state index contributed by atoms with van der Waals surface area (Å²) in [5.74, 6) is -0.199. The monoisotopic (exact) mass is 373 g/mol. The van der Waals surface area contributed by atoms with Crippen molar-refractivity contribution in [3.05, 3.63) is 59.4 Å². The predicted octanol–water partition coefficient (Wildman–Crippen LogP) is 1.95.